The number of likely N-dealkylation sites (tertiary alicyclic amines) is 1. The van der Waals surface area contributed by atoms with Gasteiger partial charge in [0, 0.05) is 26.4 Å². The minimum atomic E-state index is -1.05. The fourth-order valence-corrected chi connectivity index (χ4v) is 2.43. The SMILES string of the molecule is COCC1CCCN(C(=O)c2ccc(C(=O)O)cn2)C1. The van der Waals surface area contributed by atoms with Crippen molar-refractivity contribution in [3.63, 3.8) is 0 Å². The van der Waals surface area contributed by atoms with Gasteiger partial charge < -0.3 is 14.7 Å². The Morgan fingerprint density at radius 2 is 2.30 bits per heavy atom. The molecule has 0 saturated carbocycles. The predicted octanol–water partition coefficient (Wildman–Crippen LogP) is 1.28. The van der Waals surface area contributed by atoms with E-state index in [4.69, 9.17) is 9.84 Å². The van der Waals surface area contributed by atoms with E-state index in [1.54, 1.807) is 12.0 Å². The van der Waals surface area contributed by atoms with E-state index >= 15 is 0 Å². The van der Waals surface area contributed by atoms with Gasteiger partial charge in [0.1, 0.15) is 5.69 Å². The van der Waals surface area contributed by atoms with Crippen molar-refractivity contribution in [2.24, 2.45) is 5.92 Å². The van der Waals surface area contributed by atoms with Crippen LogP contribution in [-0.4, -0.2) is 53.7 Å². The molecular formula is C14H18N2O4. The average Bonchev–Trinajstić information content (AvgIpc) is 2.47. The first-order valence-corrected chi connectivity index (χ1v) is 6.59. The number of pyridine rings is 1. The molecule has 6 nitrogen and oxygen atoms in total. The molecule has 0 radical (unpaired) electrons. The Kier molecular flexibility index (Phi) is 4.68. The summed E-state index contributed by atoms with van der Waals surface area (Å²) in [5.74, 6) is -0.839. The summed E-state index contributed by atoms with van der Waals surface area (Å²) in [7, 11) is 1.66. The fourth-order valence-electron chi connectivity index (χ4n) is 2.43. The number of carboxylic acid groups (broad SMARTS) is 1. The lowest BCUT2D eigenvalue weighted by Crippen LogP contribution is -2.41. The van der Waals surface area contributed by atoms with E-state index in [1.807, 2.05) is 0 Å². The molecule has 1 aromatic rings. The van der Waals surface area contributed by atoms with Crippen LogP contribution in [0.3, 0.4) is 0 Å². The number of piperidine rings is 1. The number of ether oxygens (including phenoxy) is 1. The number of nitrogens with zero attached hydrogens (tertiary/aromatic N) is 2. The summed E-state index contributed by atoms with van der Waals surface area (Å²) >= 11 is 0. The monoisotopic (exact) mass is 278 g/mol. The third-order valence-corrected chi connectivity index (χ3v) is 3.44. The van der Waals surface area contributed by atoms with E-state index < -0.39 is 5.97 Å². The van der Waals surface area contributed by atoms with Gasteiger partial charge in [-0.25, -0.2) is 4.79 Å². The number of rotatable bonds is 4. The second-order valence-corrected chi connectivity index (χ2v) is 4.95. The first-order chi connectivity index (χ1) is 9.61. The molecule has 2 heterocycles. The van der Waals surface area contributed by atoms with Gasteiger partial charge in [0.05, 0.1) is 12.2 Å². The van der Waals surface area contributed by atoms with Crippen molar-refractivity contribution in [1.82, 2.24) is 9.88 Å². The number of carboxylic acids is 1. The number of hydrogen-bond donors (Lipinski definition) is 1. The van der Waals surface area contributed by atoms with Gasteiger partial charge in [-0.15, -0.1) is 0 Å². The molecule has 1 unspecified atom stereocenters. The van der Waals surface area contributed by atoms with Gasteiger partial charge in [-0.05, 0) is 30.9 Å². The summed E-state index contributed by atoms with van der Waals surface area (Å²) in [6, 6.07) is 2.87. The number of carbonyl (C=O) groups excluding carboxylic acids is 1. The third-order valence-electron chi connectivity index (χ3n) is 3.44. The Morgan fingerprint density at radius 3 is 2.90 bits per heavy atom. The summed E-state index contributed by atoms with van der Waals surface area (Å²) in [4.78, 5) is 28.8. The molecule has 20 heavy (non-hydrogen) atoms. The Morgan fingerprint density at radius 1 is 1.50 bits per heavy atom. The molecule has 1 atom stereocenters. The molecule has 1 saturated heterocycles. The van der Waals surface area contributed by atoms with Crippen LogP contribution in [0, 0.1) is 5.92 Å². The normalized spacial score (nSPS) is 18.9. The molecule has 0 aliphatic carbocycles. The zero-order chi connectivity index (χ0) is 14.5. The minimum absolute atomic E-state index is 0.0810. The topological polar surface area (TPSA) is 79.7 Å². The smallest absolute Gasteiger partial charge is 0.337 e. The van der Waals surface area contributed by atoms with Gasteiger partial charge in [-0.2, -0.15) is 0 Å². The van der Waals surface area contributed by atoms with Crippen LogP contribution in [0.2, 0.25) is 0 Å². The zero-order valence-electron chi connectivity index (χ0n) is 11.4. The number of methoxy groups -OCH3 is 1. The molecule has 2 rings (SSSR count). The van der Waals surface area contributed by atoms with Crippen LogP contribution >= 0.6 is 0 Å². The van der Waals surface area contributed by atoms with Crippen LogP contribution in [0.15, 0.2) is 18.3 Å². The maximum atomic E-state index is 12.3. The average molecular weight is 278 g/mol. The maximum Gasteiger partial charge on any atom is 0.337 e. The summed E-state index contributed by atoms with van der Waals surface area (Å²) < 4.78 is 5.14. The van der Waals surface area contributed by atoms with Crippen LogP contribution in [0.5, 0.6) is 0 Å². The highest BCUT2D eigenvalue weighted by Gasteiger charge is 2.25. The van der Waals surface area contributed by atoms with Crippen molar-refractivity contribution < 1.29 is 19.4 Å². The molecule has 0 spiro atoms. The van der Waals surface area contributed by atoms with Crippen molar-refractivity contribution >= 4 is 11.9 Å². The molecular weight excluding hydrogens is 260 g/mol. The van der Waals surface area contributed by atoms with E-state index in [2.05, 4.69) is 4.98 Å². The van der Waals surface area contributed by atoms with Crippen molar-refractivity contribution in [2.45, 2.75) is 12.8 Å². The molecule has 1 aliphatic heterocycles. The Balaban J connectivity index is 2.04. The molecule has 0 aromatic carbocycles. The molecule has 1 aliphatic rings. The number of amides is 1. The quantitative estimate of drug-likeness (QED) is 0.897. The molecule has 6 heteroatoms. The first kappa shape index (κ1) is 14.5. The lowest BCUT2D eigenvalue weighted by atomic mass is 9.98. The fraction of sp³-hybridized carbons (Fsp3) is 0.500. The van der Waals surface area contributed by atoms with Crippen molar-refractivity contribution in [3.05, 3.63) is 29.6 Å². The second kappa shape index (κ2) is 6.47. The molecule has 1 amide bonds. The molecule has 108 valence electrons. The Bertz CT molecular complexity index is 484. The van der Waals surface area contributed by atoms with Gasteiger partial charge in [0.25, 0.3) is 5.91 Å². The lowest BCUT2D eigenvalue weighted by molar-refractivity contribution is 0.0564. The standard InChI is InChI=1S/C14H18N2O4/c1-20-9-10-3-2-6-16(8-10)13(17)12-5-4-11(7-15-12)14(18)19/h4-5,7,10H,2-3,6,8-9H2,1H3,(H,18,19). The van der Waals surface area contributed by atoms with Crippen molar-refractivity contribution in [3.8, 4) is 0 Å². The summed E-state index contributed by atoms with van der Waals surface area (Å²) in [6.45, 7) is 2.02. The Labute approximate surface area is 117 Å². The number of aromatic nitrogens is 1. The summed E-state index contributed by atoms with van der Waals surface area (Å²) in [5, 5.41) is 8.81. The number of hydrogen-bond acceptors (Lipinski definition) is 4. The highest BCUT2D eigenvalue weighted by Crippen LogP contribution is 2.18. The van der Waals surface area contributed by atoms with Gasteiger partial charge in [-0.1, -0.05) is 0 Å². The van der Waals surface area contributed by atoms with Gasteiger partial charge in [-0.3, -0.25) is 9.78 Å². The zero-order valence-corrected chi connectivity index (χ0v) is 11.4. The summed E-state index contributed by atoms with van der Waals surface area (Å²) in [6.07, 6.45) is 3.22. The van der Waals surface area contributed by atoms with Gasteiger partial charge >= 0.3 is 5.97 Å². The second-order valence-electron chi connectivity index (χ2n) is 4.95. The number of carbonyl (C=O) groups is 2. The molecule has 1 aromatic heterocycles. The van der Waals surface area contributed by atoms with Crippen molar-refractivity contribution in [2.75, 3.05) is 26.8 Å². The van der Waals surface area contributed by atoms with Crippen LogP contribution in [0.25, 0.3) is 0 Å². The lowest BCUT2D eigenvalue weighted by Gasteiger charge is -2.32. The van der Waals surface area contributed by atoms with E-state index in [9.17, 15) is 9.59 Å². The highest BCUT2D eigenvalue weighted by molar-refractivity contribution is 5.93. The Hall–Kier alpha value is -1.95. The summed E-state index contributed by atoms with van der Waals surface area (Å²) in [5.41, 5.74) is 0.366. The minimum Gasteiger partial charge on any atom is -0.478 e. The van der Waals surface area contributed by atoms with E-state index in [0.29, 0.717) is 25.6 Å². The first-order valence-electron chi connectivity index (χ1n) is 6.59. The largest absolute Gasteiger partial charge is 0.478 e. The van der Waals surface area contributed by atoms with E-state index in [-0.39, 0.29) is 17.2 Å². The number of aromatic carboxylic acids is 1. The van der Waals surface area contributed by atoms with Crippen LogP contribution < -0.4 is 0 Å². The molecule has 1 fully saturated rings. The van der Waals surface area contributed by atoms with Crippen LogP contribution in [0.4, 0.5) is 0 Å². The van der Waals surface area contributed by atoms with E-state index in [1.165, 1.54) is 18.3 Å². The van der Waals surface area contributed by atoms with Gasteiger partial charge in [0.15, 0.2) is 0 Å². The van der Waals surface area contributed by atoms with Crippen molar-refractivity contribution in [1.29, 1.82) is 0 Å². The van der Waals surface area contributed by atoms with E-state index in [0.717, 1.165) is 12.8 Å². The predicted molar refractivity (Wildman–Crippen MR) is 71.7 cm³/mol. The van der Waals surface area contributed by atoms with Crippen LogP contribution in [-0.2, 0) is 4.74 Å². The van der Waals surface area contributed by atoms with Crippen LogP contribution in [0.1, 0.15) is 33.7 Å². The molecule has 0 bridgehead atoms. The third kappa shape index (κ3) is 3.33. The maximum absolute atomic E-state index is 12.3. The molecule has 1 N–H and O–H groups in total. The van der Waals surface area contributed by atoms with Gasteiger partial charge in [0.2, 0.25) is 0 Å². The highest BCUT2D eigenvalue weighted by atomic mass is 16.5.